The van der Waals surface area contributed by atoms with E-state index in [0.717, 1.165) is 22.6 Å². The van der Waals surface area contributed by atoms with Crippen LogP contribution in [0.5, 0.6) is 0 Å². The van der Waals surface area contributed by atoms with E-state index in [1.165, 1.54) is 0 Å². The van der Waals surface area contributed by atoms with Crippen molar-refractivity contribution in [3.63, 3.8) is 0 Å². The van der Waals surface area contributed by atoms with Gasteiger partial charge in [0, 0.05) is 10.7 Å². The summed E-state index contributed by atoms with van der Waals surface area (Å²) < 4.78 is 0. The lowest BCUT2D eigenvalue weighted by atomic mass is 10.0. The van der Waals surface area contributed by atoms with Crippen molar-refractivity contribution in [1.82, 2.24) is 5.32 Å². The van der Waals surface area contributed by atoms with Gasteiger partial charge < -0.3 is 5.32 Å². The summed E-state index contributed by atoms with van der Waals surface area (Å²) in [5.41, 5.74) is 0.907. The van der Waals surface area contributed by atoms with Crippen molar-refractivity contribution in [2.75, 3.05) is 10.7 Å². The Morgan fingerprint density at radius 1 is 1.50 bits per heavy atom. The molecule has 5 heteroatoms. The summed E-state index contributed by atoms with van der Waals surface area (Å²) in [7, 11) is 0. The van der Waals surface area contributed by atoms with Gasteiger partial charge >= 0.3 is 0 Å². The fourth-order valence-corrected chi connectivity index (χ4v) is 3.97. The average Bonchev–Trinajstić information content (AvgIpc) is 2.79. The van der Waals surface area contributed by atoms with Gasteiger partial charge in [0.15, 0.2) is 0 Å². The number of carbonyl (C=O) groups is 1. The van der Waals surface area contributed by atoms with Crippen LogP contribution in [0, 0.1) is 0 Å². The second-order valence-electron chi connectivity index (χ2n) is 3.76. The Hall–Kier alpha value is 0.130. The molecule has 1 aromatic heterocycles. The SMILES string of the molecule is CCC(CBr)(CBr)NC(=O)Cc1ccsc1. The van der Waals surface area contributed by atoms with Gasteiger partial charge in [0.05, 0.1) is 12.0 Å². The van der Waals surface area contributed by atoms with E-state index in [1.54, 1.807) is 11.3 Å². The zero-order chi connectivity index (χ0) is 12.0. The molecular formula is C11H15Br2NOS. The number of halogens is 2. The molecule has 0 aliphatic carbocycles. The molecule has 0 saturated heterocycles. The van der Waals surface area contributed by atoms with Gasteiger partial charge in [0.2, 0.25) is 5.91 Å². The van der Waals surface area contributed by atoms with Gasteiger partial charge in [-0.2, -0.15) is 11.3 Å². The van der Waals surface area contributed by atoms with Gasteiger partial charge in [0.25, 0.3) is 0 Å². The molecule has 0 atom stereocenters. The summed E-state index contributed by atoms with van der Waals surface area (Å²) in [6.45, 7) is 2.08. The number of hydrogen-bond acceptors (Lipinski definition) is 2. The second-order valence-corrected chi connectivity index (χ2v) is 5.66. The third-order valence-corrected chi connectivity index (χ3v) is 5.42. The molecule has 1 N–H and O–H groups in total. The number of hydrogen-bond donors (Lipinski definition) is 1. The number of amides is 1. The molecule has 0 aliphatic heterocycles. The smallest absolute Gasteiger partial charge is 0.224 e. The zero-order valence-corrected chi connectivity index (χ0v) is 13.1. The standard InChI is InChI=1S/C11H15Br2NOS/c1-2-11(7-12,8-13)14-10(15)5-9-3-4-16-6-9/h3-4,6H,2,5,7-8H2,1H3,(H,14,15). The van der Waals surface area contributed by atoms with Gasteiger partial charge in [-0.25, -0.2) is 0 Å². The van der Waals surface area contributed by atoms with Gasteiger partial charge in [-0.3, -0.25) is 4.79 Å². The molecule has 90 valence electrons. The molecule has 1 aromatic rings. The number of thiophene rings is 1. The first kappa shape index (κ1) is 14.2. The van der Waals surface area contributed by atoms with Crippen LogP contribution in [0.3, 0.4) is 0 Å². The minimum absolute atomic E-state index is 0.0825. The van der Waals surface area contributed by atoms with Crippen LogP contribution in [0.4, 0.5) is 0 Å². The van der Waals surface area contributed by atoms with Gasteiger partial charge in [-0.1, -0.05) is 38.8 Å². The minimum Gasteiger partial charge on any atom is -0.349 e. The molecule has 0 aliphatic rings. The molecule has 0 radical (unpaired) electrons. The summed E-state index contributed by atoms with van der Waals surface area (Å²) in [6, 6.07) is 1.99. The van der Waals surface area contributed by atoms with Gasteiger partial charge in [0.1, 0.15) is 0 Å². The molecule has 0 unspecified atom stereocenters. The highest BCUT2D eigenvalue weighted by molar-refractivity contribution is 9.09. The first-order chi connectivity index (χ1) is 7.65. The summed E-state index contributed by atoms with van der Waals surface area (Å²) in [5, 5.41) is 8.61. The maximum absolute atomic E-state index is 11.9. The van der Waals surface area contributed by atoms with Crippen molar-refractivity contribution < 1.29 is 4.79 Å². The van der Waals surface area contributed by atoms with Crippen LogP contribution in [0.25, 0.3) is 0 Å². The van der Waals surface area contributed by atoms with E-state index in [9.17, 15) is 4.79 Å². The first-order valence-corrected chi connectivity index (χ1v) is 8.28. The highest BCUT2D eigenvalue weighted by Crippen LogP contribution is 2.17. The van der Waals surface area contributed by atoms with Crippen molar-refractivity contribution in [2.24, 2.45) is 0 Å². The molecule has 0 fully saturated rings. The van der Waals surface area contributed by atoms with Crippen LogP contribution >= 0.6 is 43.2 Å². The van der Waals surface area contributed by atoms with Crippen molar-refractivity contribution in [1.29, 1.82) is 0 Å². The molecule has 16 heavy (non-hydrogen) atoms. The van der Waals surface area contributed by atoms with Gasteiger partial charge in [-0.05, 0) is 28.8 Å². The topological polar surface area (TPSA) is 29.1 Å². The van der Waals surface area contributed by atoms with Crippen LogP contribution in [-0.2, 0) is 11.2 Å². The fraction of sp³-hybridized carbons (Fsp3) is 0.545. The number of alkyl halides is 2. The lowest BCUT2D eigenvalue weighted by Crippen LogP contribution is -2.51. The third kappa shape index (κ3) is 3.86. The Bertz CT molecular complexity index is 314. The predicted molar refractivity (Wildman–Crippen MR) is 76.8 cm³/mol. The normalized spacial score (nSPS) is 11.4. The summed E-state index contributed by atoms with van der Waals surface area (Å²) in [6.07, 6.45) is 1.37. The Labute approximate surface area is 117 Å². The molecular weight excluding hydrogens is 354 g/mol. The van der Waals surface area contributed by atoms with Crippen molar-refractivity contribution in [3.05, 3.63) is 22.4 Å². The molecule has 0 aromatic carbocycles. The molecule has 1 heterocycles. The van der Waals surface area contributed by atoms with E-state index >= 15 is 0 Å². The van der Waals surface area contributed by atoms with E-state index < -0.39 is 0 Å². The predicted octanol–water partition coefficient (Wildman–Crippen LogP) is 3.35. The summed E-state index contributed by atoms with van der Waals surface area (Å²) >= 11 is 8.53. The first-order valence-electron chi connectivity index (χ1n) is 5.10. The monoisotopic (exact) mass is 367 g/mol. The number of nitrogens with one attached hydrogen (secondary N) is 1. The maximum Gasteiger partial charge on any atom is 0.224 e. The third-order valence-electron chi connectivity index (χ3n) is 2.54. The van der Waals surface area contributed by atoms with Crippen LogP contribution in [0.15, 0.2) is 16.8 Å². The molecule has 2 nitrogen and oxygen atoms in total. The van der Waals surface area contributed by atoms with Crippen LogP contribution in [0.1, 0.15) is 18.9 Å². The Balaban J connectivity index is 2.55. The van der Waals surface area contributed by atoms with Crippen LogP contribution < -0.4 is 5.32 Å². The van der Waals surface area contributed by atoms with Crippen molar-refractivity contribution in [3.8, 4) is 0 Å². The molecule has 0 spiro atoms. The van der Waals surface area contributed by atoms with Crippen molar-refractivity contribution in [2.45, 2.75) is 25.3 Å². The zero-order valence-electron chi connectivity index (χ0n) is 9.13. The maximum atomic E-state index is 11.9. The Morgan fingerprint density at radius 3 is 2.62 bits per heavy atom. The molecule has 0 saturated carbocycles. The Morgan fingerprint density at radius 2 is 2.19 bits per heavy atom. The lowest BCUT2D eigenvalue weighted by Gasteiger charge is -2.30. The van der Waals surface area contributed by atoms with Gasteiger partial charge in [-0.15, -0.1) is 0 Å². The minimum atomic E-state index is -0.174. The number of rotatable bonds is 6. The van der Waals surface area contributed by atoms with E-state index in [0.29, 0.717) is 6.42 Å². The average molecular weight is 369 g/mol. The van der Waals surface area contributed by atoms with E-state index in [2.05, 4.69) is 44.1 Å². The highest BCUT2D eigenvalue weighted by atomic mass is 79.9. The Kier molecular flexibility index (Phi) is 6.00. The molecule has 1 rings (SSSR count). The lowest BCUT2D eigenvalue weighted by molar-refractivity contribution is -0.121. The van der Waals surface area contributed by atoms with Crippen LogP contribution in [-0.4, -0.2) is 22.1 Å². The fourth-order valence-electron chi connectivity index (χ4n) is 1.30. The van der Waals surface area contributed by atoms with Crippen LogP contribution in [0.2, 0.25) is 0 Å². The summed E-state index contributed by atoms with van der Waals surface area (Å²) in [4.78, 5) is 11.9. The molecule has 1 amide bonds. The summed E-state index contributed by atoms with van der Waals surface area (Å²) in [5.74, 6) is 0.0825. The number of carbonyl (C=O) groups excluding carboxylic acids is 1. The largest absolute Gasteiger partial charge is 0.349 e. The van der Waals surface area contributed by atoms with E-state index in [1.807, 2.05) is 16.8 Å². The van der Waals surface area contributed by atoms with E-state index in [-0.39, 0.29) is 11.4 Å². The van der Waals surface area contributed by atoms with Crippen molar-refractivity contribution >= 4 is 49.1 Å². The quantitative estimate of drug-likeness (QED) is 0.766. The molecule has 0 bridgehead atoms. The highest BCUT2D eigenvalue weighted by Gasteiger charge is 2.27. The second kappa shape index (κ2) is 6.77. The van der Waals surface area contributed by atoms with E-state index in [4.69, 9.17) is 0 Å².